The molecule has 24 heavy (non-hydrogen) atoms. The molecule has 0 saturated carbocycles. The molecule has 0 aliphatic rings. The van der Waals surface area contributed by atoms with Crippen LogP contribution in [0.3, 0.4) is 0 Å². The van der Waals surface area contributed by atoms with Gasteiger partial charge in [0, 0.05) is 0 Å². The third kappa shape index (κ3) is 3.76. The van der Waals surface area contributed by atoms with Crippen molar-refractivity contribution in [1.29, 1.82) is 0 Å². The Morgan fingerprint density at radius 2 is 1.75 bits per heavy atom. The molecule has 0 fully saturated rings. The Morgan fingerprint density at radius 1 is 1.17 bits per heavy atom. The number of ether oxygens (including phenoxy) is 1. The van der Waals surface area contributed by atoms with E-state index in [2.05, 4.69) is 5.16 Å². The van der Waals surface area contributed by atoms with Gasteiger partial charge in [-0.1, -0.05) is 22.9 Å². The van der Waals surface area contributed by atoms with Gasteiger partial charge in [0.05, 0.1) is 0 Å². The summed E-state index contributed by atoms with van der Waals surface area (Å²) in [6, 6.07) is 3.86. The van der Waals surface area contributed by atoms with E-state index >= 15 is 0 Å². The Bertz CT molecular complexity index is 841. The summed E-state index contributed by atoms with van der Waals surface area (Å²) in [5.41, 5.74) is 3.05. The van der Waals surface area contributed by atoms with Crippen molar-refractivity contribution in [3.8, 4) is 5.75 Å². The molecule has 8 heteroatoms. The van der Waals surface area contributed by atoms with E-state index in [4.69, 9.17) is 9.26 Å². The smallest absolute Gasteiger partial charge is 0.271 e. The van der Waals surface area contributed by atoms with Crippen LogP contribution in [0.5, 0.6) is 5.75 Å². The van der Waals surface area contributed by atoms with Crippen LogP contribution >= 0.6 is 0 Å². The molecule has 1 amide bonds. The topological polar surface area (TPSA) is 98.5 Å². The van der Waals surface area contributed by atoms with Crippen molar-refractivity contribution in [2.24, 2.45) is 0 Å². The Labute approximate surface area is 141 Å². The van der Waals surface area contributed by atoms with Crippen molar-refractivity contribution in [3.63, 3.8) is 0 Å². The lowest BCUT2D eigenvalue weighted by Gasteiger charge is -2.13. The predicted molar refractivity (Wildman–Crippen MR) is 87.5 cm³/mol. The minimum absolute atomic E-state index is 0.124. The zero-order chi connectivity index (χ0) is 18.1. The lowest BCUT2D eigenvalue weighted by molar-refractivity contribution is -0.121. The number of aromatic nitrogens is 1. The lowest BCUT2D eigenvalue weighted by Crippen LogP contribution is -2.35. The number of benzene rings is 1. The summed E-state index contributed by atoms with van der Waals surface area (Å²) in [5, 5.41) is 3.58. The van der Waals surface area contributed by atoms with Crippen LogP contribution in [-0.2, 0) is 14.8 Å². The molecule has 1 heterocycles. The largest absolute Gasteiger partial charge is 0.483 e. The third-order valence-corrected chi connectivity index (χ3v) is 5.05. The number of aryl methyl sites for hydroxylation is 5. The van der Waals surface area contributed by atoms with Gasteiger partial charge in [0.1, 0.15) is 11.4 Å². The molecule has 0 atom stereocenters. The van der Waals surface area contributed by atoms with E-state index in [1.54, 1.807) is 0 Å². The molecule has 0 radical (unpaired) electrons. The van der Waals surface area contributed by atoms with Gasteiger partial charge < -0.3 is 9.26 Å². The number of nitrogens with zero attached hydrogens (tertiary/aromatic N) is 1. The highest BCUT2D eigenvalue weighted by molar-refractivity contribution is 7.90. The zero-order valence-electron chi connectivity index (χ0n) is 14.3. The van der Waals surface area contributed by atoms with Gasteiger partial charge in [0.15, 0.2) is 17.3 Å². The monoisotopic (exact) mass is 352 g/mol. The van der Waals surface area contributed by atoms with Gasteiger partial charge in [-0.25, -0.2) is 13.1 Å². The van der Waals surface area contributed by atoms with Gasteiger partial charge in [-0.15, -0.1) is 0 Å². The molecule has 1 aromatic heterocycles. The molecule has 0 aliphatic heterocycles. The lowest BCUT2D eigenvalue weighted by atomic mass is 10.1. The first-order chi connectivity index (χ1) is 11.1. The summed E-state index contributed by atoms with van der Waals surface area (Å²) in [4.78, 5) is 11.8. The van der Waals surface area contributed by atoms with E-state index in [1.807, 2.05) is 37.6 Å². The number of carbonyl (C=O) groups is 1. The second kappa shape index (κ2) is 6.64. The van der Waals surface area contributed by atoms with E-state index in [-0.39, 0.29) is 16.3 Å². The highest BCUT2D eigenvalue weighted by Gasteiger charge is 2.26. The average Bonchev–Trinajstić information content (AvgIpc) is 2.76. The highest BCUT2D eigenvalue weighted by atomic mass is 32.2. The maximum absolute atomic E-state index is 12.2. The molecule has 0 bridgehead atoms. The fraction of sp³-hybridized carbons (Fsp3) is 0.375. The van der Waals surface area contributed by atoms with Crippen molar-refractivity contribution < 1.29 is 22.5 Å². The Balaban J connectivity index is 2.09. The molecule has 0 saturated heterocycles. The molecular formula is C16H20N2O5S. The van der Waals surface area contributed by atoms with E-state index in [1.165, 1.54) is 13.8 Å². The van der Waals surface area contributed by atoms with Crippen LogP contribution in [0.15, 0.2) is 21.6 Å². The fourth-order valence-corrected chi connectivity index (χ4v) is 3.92. The quantitative estimate of drug-likeness (QED) is 0.885. The van der Waals surface area contributed by atoms with E-state index in [9.17, 15) is 13.2 Å². The SMILES string of the molecule is Cc1cc(C)c(OCC(=O)NS(=O)(=O)c2c(C)noc2C)c(C)c1. The molecule has 2 rings (SSSR count). The first kappa shape index (κ1) is 18.0. The van der Waals surface area contributed by atoms with Crippen molar-refractivity contribution in [2.45, 2.75) is 39.5 Å². The Morgan fingerprint density at radius 3 is 2.25 bits per heavy atom. The number of hydrogen-bond donors (Lipinski definition) is 1. The number of hydrogen-bond acceptors (Lipinski definition) is 6. The molecule has 130 valence electrons. The first-order valence-corrected chi connectivity index (χ1v) is 8.79. The van der Waals surface area contributed by atoms with Crippen LogP contribution in [0, 0.1) is 34.6 Å². The number of nitrogens with one attached hydrogen (secondary N) is 1. The van der Waals surface area contributed by atoms with Crippen molar-refractivity contribution >= 4 is 15.9 Å². The molecule has 2 aromatic rings. The summed E-state index contributed by atoms with van der Waals surface area (Å²) >= 11 is 0. The van der Waals surface area contributed by atoms with Gasteiger partial charge in [0.2, 0.25) is 0 Å². The molecule has 0 unspecified atom stereocenters. The molecule has 0 aliphatic carbocycles. The Hall–Kier alpha value is -2.35. The van der Waals surface area contributed by atoms with Gasteiger partial charge in [-0.2, -0.15) is 0 Å². The van der Waals surface area contributed by atoms with Crippen molar-refractivity contribution in [1.82, 2.24) is 9.88 Å². The third-order valence-electron chi connectivity index (χ3n) is 3.44. The Kier molecular flexibility index (Phi) is 4.98. The second-order valence-corrected chi connectivity index (χ2v) is 7.32. The van der Waals surface area contributed by atoms with E-state index < -0.39 is 22.5 Å². The summed E-state index contributed by atoms with van der Waals surface area (Å²) in [7, 11) is -4.04. The van der Waals surface area contributed by atoms with Crippen molar-refractivity contribution in [2.75, 3.05) is 6.61 Å². The van der Waals surface area contributed by atoms with Crippen LogP contribution in [0.1, 0.15) is 28.1 Å². The van der Waals surface area contributed by atoms with Gasteiger partial charge in [0.25, 0.3) is 15.9 Å². The van der Waals surface area contributed by atoms with Crippen LogP contribution in [0.4, 0.5) is 0 Å². The summed E-state index contributed by atoms with van der Waals surface area (Å²) in [6.45, 7) is 8.25. The van der Waals surface area contributed by atoms with Gasteiger partial charge >= 0.3 is 0 Å². The van der Waals surface area contributed by atoms with Crippen LogP contribution in [-0.4, -0.2) is 26.1 Å². The number of amides is 1. The van der Waals surface area contributed by atoms with Gasteiger partial charge in [-0.3, -0.25) is 4.79 Å². The van der Waals surface area contributed by atoms with E-state index in [0.29, 0.717) is 5.75 Å². The minimum atomic E-state index is -4.04. The zero-order valence-corrected chi connectivity index (χ0v) is 15.1. The highest BCUT2D eigenvalue weighted by Crippen LogP contribution is 2.24. The molecule has 1 N–H and O–H groups in total. The molecular weight excluding hydrogens is 332 g/mol. The summed E-state index contributed by atoms with van der Waals surface area (Å²) in [5.74, 6) is -0.0706. The average molecular weight is 352 g/mol. The maximum Gasteiger partial charge on any atom is 0.271 e. The summed E-state index contributed by atoms with van der Waals surface area (Å²) in [6.07, 6.45) is 0. The molecule has 1 aromatic carbocycles. The molecule has 7 nitrogen and oxygen atoms in total. The predicted octanol–water partition coefficient (Wildman–Crippen LogP) is 2.10. The minimum Gasteiger partial charge on any atom is -0.483 e. The second-order valence-electron chi connectivity index (χ2n) is 5.70. The van der Waals surface area contributed by atoms with Crippen LogP contribution < -0.4 is 9.46 Å². The van der Waals surface area contributed by atoms with Crippen molar-refractivity contribution in [3.05, 3.63) is 40.3 Å². The first-order valence-electron chi connectivity index (χ1n) is 7.31. The summed E-state index contributed by atoms with van der Waals surface area (Å²) < 4.78 is 36.8. The molecule has 0 spiro atoms. The standard InChI is InChI=1S/C16H20N2O5S/c1-9-6-10(2)15(11(3)7-9)22-8-14(19)18-24(20,21)16-12(4)17-23-13(16)5/h6-7H,8H2,1-5H3,(H,18,19). The normalized spacial score (nSPS) is 11.4. The number of sulfonamides is 1. The van der Waals surface area contributed by atoms with Crippen LogP contribution in [0.2, 0.25) is 0 Å². The number of rotatable bonds is 5. The van der Waals surface area contributed by atoms with Crippen LogP contribution in [0.25, 0.3) is 0 Å². The number of carbonyl (C=O) groups excluding carboxylic acids is 1. The van der Waals surface area contributed by atoms with Gasteiger partial charge in [-0.05, 0) is 45.7 Å². The maximum atomic E-state index is 12.2. The van der Waals surface area contributed by atoms with E-state index in [0.717, 1.165) is 16.7 Å². The fourth-order valence-electron chi connectivity index (χ4n) is 2.62.